The van der Waals surface area contributed by atoms with Crippen LogP contribution in [0.2, 0.25) is 0 Å². The molecule has 0 bridgehead atoms. The van der Waals surface area contributed by atoms with Crippen molar-refractivity contribution in [1.82, 2.24) is 10.2 Å². The van der Waals surface area contributed by atoms with Crippen molar-refractivity contribution in [3.05, 3.63) is 60.2 Å². The Kier molecular flexibility index (Phi) is 12.3. The minimum absolute atomic E-state index is 0. The number of nitrogens with zero attached hydrogens (tertiary/aromatic N) is 1. The van der Waals surface area contributed by atoms with E-state index in [0.29, 0.717) is 26.4 Å². The van der Waals surface area contributed by atoms with Gasteiger partial charge in [0.1, 0.15) is 24.7 Å². The first-order chi connectivity index (χ1) is 12.7. The van der Waals surface area contributed by atoms with E-state index >= 15 is 0 Å². The van der Waals surface area contributed by atoms with Gasteiger partial charge in [0.2, 0.25) is 0 Å². The molecular formula is C21H30ClN2O3-. The van der Waals surface area contributed by atoms with Crippen molar-refractivity contribution in [2.75, 3.05) is 53.6 Å². The smallest absolute Gasteiger partial charge is 0.120 e. The highest BCUT2D eigenvalue weighted by Crippen LogP contribution is 2.18. The summed E-state index contributed by atoms with van der Waals surface area (Å²) in [5, 5.41) is 3.33. The Labute approximate surface area is 169 Å². The van der Waals surface area contributed by atoms with Crippen molar-refractivity contribution in [3.8, 4) is 11.5 Å². The van der Waals surface area contributed by atoms with Crippen molar-refractivity contribution in [2.24, 2.45) is 0 Å². The van der Waals surface area contributed by atoms with Gasteiger partial charge < -0.3 is 36.8 Å². The summed E-state index contributed by atoms with van der Waals surface area (Å²) in [6.45, 7) is 5.27. The molecule has 0 amide bonds. The number of benzene rings is 2. The lowest BCUT2D eigenvalue weighted by Gasteiger charge is -2.11. The average molecular weight is 394 g/mol. The summed E-state index contributed by atoms with van der Waals surface area (Å²) in [6.07, 6.45) is 0. The zero-order valence-corrected chi connectivity index (χ0v) is 17.0. The first-order valence-corrected chi connectivity index (χ1v) is 9.07. The molecule has 0 aromatic heterocycles. The van der Waals surface area contributed by atoms with Crippen molar-refractivity contribution < 1.29 is 26.6 Å². The fourth-order valence-corrected chi connectivity index (χ4v) is 2.27. The molecule has 0 aliphatic carbocycles. The Morgan fingerprint density at radius 1 is 0.778 bits per heavy atom. The molecule has 1 N–H and O–H groups in total. The van der Waals surface area contributed by atoms with E-state index in [-0.39, 0.29) is 12.4 Å². The summed E-state index contributed by atoms with van der Waals surface area (Å²) in [5.41, 5.74) is 1.15. The number of ether oxygens (including phenoxy) is 3. The maximum absolute atomic E-state index is 5.76. The molecule has 0 aliphatic rings. The van der Waals surface area contributed by atoms with Crippen LogP contribution in [0.5, 0.6) is 11.5 Å². The molecule has 2 aromatic rings. The molecule has 0 radical (unpaired) electrons. The molecule has 0 saturated heterocycles. The van der Waals surface area contributed by atoms with Crippen molar-refractivity contribution in [1.29, 1.82) is 0 Å². The molecule has 0 unspecified atom stereocenters. The zero-order valence-electron chi connectivity index (χ0n) is 16.2. The quantitative estimate of drug-likeness (QED) is 0.478. The van der Waals surface area contributed by atoms with Crippen LogP contribution >= 0.6 is 0 Å². The van der Waals surface area contributed by atoms with Crippen LogP contribution in [0, 0.1) is 0 Å². The second-order valence-corrected chi connectivity index (χ2v) is 6.26. The summed E-state index contributed by atoms with van der Waals surface area (Å²) in [5.74, 6) is 1.66. The van der Waals surface area contributed by atoms with E-state index < -0.39 is 0 Å². The molecule has 0 atom stereocenters. The lowest BCUT2D eigenvalue weighted by atomic mass is 10.2. The molecular weight excluding hydrogens is 364 g/mol. The highest BCUT2D eigenvalue weighted by molar-refractivity contribution is 5.31. The van der Waals surface area contributed by atoms with Gasteiger partial charge in [-0.25, -0.2) is 0 Å². The lowest BCUT2D eigenvalue weighted by Crippen LogP contribution is -3.00. The topological polar surface area (TPSA) is 43.0 Å². The Morgan fingerprint density at radius 3 is 2.11 bits per heavy atom. The van der Waals surface area contributed by atoms with Crippen LogP contribution in [-0.4, -0.2) is 58.5 Å². The number of halogens is 1. The van der Waals surface area contributed by atoms with E-state index in [9.17, 15) is 0 Å². The second-order valence-electron chi connectivity index (χ2n) is 6.26. The number of rotatable bonds is 13. The SMILES string of the molecule is CN(C)CCNCCOCCOc1ccc(OCc2ccccc2)cc1.[Cl-]. The minimum Gasteiger partial charge on any atom is -1.00 e. The van der Waals surface area contributed by atoms with Crippen LogP contribution in [0.3, 0.4) is 0 Å². The van der Waals surface area contributed by atoms with Gasteiger partial charge in [0, 0.05) is 19.6 Å². The molecule has 2 aromatic carbocycles. The highest BCUT2D eigenvalue weighted by Gasteiger charge is 1.98. The number of hydrogen-bond acceptors (Lipinski definition) is 5. The van der Waals surface area contributed by atoms with Crippen LogP contribution in [0.1, 0.15) is 5.56 Å². The Balaban J connectivity index is 0.00000364. The third-order valence-electron chi connectivity index (χ3n) is 3.73. The van der Waals surface area contributed by atoms with E-state index in [4.69, 9.17) is 14.2 Å². The summed E-state index contributed by atoms with van der Waals surface area (Å²) in [4.78, 5) is 2.15. The molecule has 0 heterocycles. The summed E-state index contributed by atoms with van der Waals surface area (Å²) in [7, 11) is 4.13. The van der Waals surface area contributed by atoms with Crippen molar-refractivity contribution in [3.63, 3.8) is 0 Å². The van der Waals surface area contributed by atoms with Gasteiger partial charge in [0.05, 0.1) is 13.2 Å². The van der Waals surface area contributed by atoms with E-state index in [1.165, 1.54) is 0 Å². The Bertz CT molecular complexity index is 594. The fraction of sp³-hybridized carbons (Fsp3) is 0.429. The Hall–Kier alpha value is -1.79. The molecule has 2 rings (SSSR count). The number of likely N-dealkylation sites (N-methyl/N-ethyl adjacent to an activating group) is 1. The van der Waals surface area contributed by atoms with Gasteiger partial charge in [0.25, 0.3) is 0 Å². The van der Waals surface area contributed by atoms with E-state index in [1.807, 2.05) is 42.5 Å². The van der Waals surface area contributed by atoms with Gasteiger partial charge in [-0.15, -0.1) is 0 Å². The fourth-order valence-electron chi connectivity index (χ4n) is 2.27. The van der Waals surface area contributed by atoms with Gasteiger partial charge in [-0.2, -0.15) is 0 Å². The molecule has 0 spiro atoms. The maximum atomic E-state index is 5.76. The predicted octanol–water partition coefficient (Wildman–Crippen LogP) is -0.184. The summed E-state index contributed by atoms with van der Waals surface area (Å²) < 4.78 is 17.0. The van der Waals surface area contributed by atoms with Gasteiger partial charge in [-0.1, -0.05) is 30.3 Å². The molecule has 27 heavy (non-hydrogen) atoms. The molecule has 6 heteroatoms. The van der Waals surface area contributed by atoms with Crippen LogP contribution in [0.15, 0.2) is 54.6 Å². The van der Waals surface area contributed by atoms with Gasteiger partial charge in [-0.3, -0.25) is 0 Å². The van der Waals surface area contributed by atoms with Crippen molar-refractivity contribution in [2.45, 2.75) is 6.61 Å². The third kappa shape index (κ3) is 10.8. The monoisotopic (exact) mass is 393 g/mol. The molecule has 150 valence electrons. The predicted molar refractivity (Wildman–Crippen MR) is 105 cm³/mol. The van der Waals surface area contributed by atoms with Crippen LogP contribution in [0.25, 0.3) is 0 Å². The van der Waals surface area contributed by atoms with Crippen LogP contribution < -0.4 is 27.2 Å². The highest BCUT2D eigenvalue weighted by atomic mass is 35.5. The maximum Gasteiger partial charge on any atom is 0.120 e. The van der Waals surface area contributed by atoms with Crippen molar-refractivity contribution >= 4 is 0 Å². The van der Waals surface area contributed by atoms with Crippen LogP contribution in [-0.2, 0) is 11.3 Å². The molecule has 5 nitrogen and oxygen atoms in total. The normalized spacial score (nSPS) is 10.5. The third-order valence-corrected chi connectivity index (χ3v) is 3.73. The standard InChI is InChI=1S/C21H30N2O3.ClH/c1-23(2)14-12-22-13-15-24-16-17-25-20-8-10-21(11-9-20)26-18-19-6-4-3-5-7-19;/h3-11,22H,12-18H2,1-2H3;1H/p-1. The summed E-state index contributed by atoms with van der Waals surface area (Å²) in [6, 6.07) is 17.8. The first-order valence-electron chi connectivity index (χ1n) is 9.07. The van der Waals surface area contributed by atoms with Gasteiger partial charge >= 0.3 is 0 Å². The second kappa shape index (κ2) is 14.3. The molecule has 0 aliphatic heterocycles. The number of nitrogens with one attached hydrogen (secondary N) is 1. The largest absolute Gasteiger partial charge is 1.00 e. The van der Waals surface area contributed by atoms with E-state index in [2.05, 4.69) is 36.4 Å². The van der Waals surface area contributed by atoms with Gasteiger partial charge in [-0.05, 0) is 43.9 Å². The first kappa shape index (κ1) is 23.2. The number of hydrogen-bond donors (Lipinski definition) is 1. The summed E-state index contributed by atoms with van der Waals surface area (Å²) >= 11 is 0. The Morgan fingerprint density at radius 2 is 1.44 bits per heavy atom. The van der Waals surface area contributed by atoms with Crippen LogP contribution in [0.4, 0.5) is 0 Å². The van der Waals surface area contributed by atoms with E-state index in [0.717, 1.165) is 36.7 Å². The minimum atomic E-state index is 0. The average Bonchev–Trinajstić information content (AvgIpc) is 2.66. The lowest BCUT2D eigenvalue weighted by molar-refractivity contribution is -0.00000655. The molecule has 0 fully saturated rings. The van der Waals surface area contributed by atoms with Gasteiger partial charge in [0.15, 0.2) is 0 Å². The van der Waals surface area contributed by atoms with E-state index in [1.54, 1.807) is 0 Å². The molecule has 0 saturated carbocycles. The zero-order chi connectivity index (χ0) is 18.5.